The maximum absolute atomic E-state index is 13.6. The van der Waals surface area contributed by atoms with Crippen LogP contribution in [0.4, 0.5) is 0 Å². The van der Waals surface area contributed by atoms with Crippen molar-refractivity contribution in [1.82, 2.24) is 47.2 Å². The summed E-state index contributed by atoms with van der Waals surface area (Å²) in [6.07, 6.45) is 0.407. The number of nitrogens with one attached hydrogen (secondary N) is 8. The molecular weight excluding hydrogens is 824 g/mol. The van der Waals surface area contributed by atoms with Crippen LogP contribution in [0.1, 0.15) is 71.9 Å². The van der Waals surface area contributed by atoms with Crippen molar-refractivity contribution in [2.45, 2.75) is 115 Å². The van der Waals surface area contributed by atoms with E-state index in [1.54, 1.807) is 20.8 Å². The predicted octanol–water partition coefficient (Wildman–Crippen LogP) is -5.91. The molecule has 0 fully saturated rings. The Morgan fingerprint density at radius 1 is 0.677 bits per heavy atom. The lowest BCUT2D eigenvalue weighted by molar-refractivity contribution is -0.144. The summed E-state index contributed by atoms with van der Waals surface area (Å²) >= 11 is 0. The second-order valence-corrected chi connectivity index (χ2v) is 14.4. The summed E-state index contributed by atoms with van der Waals surface area (Å²) in [6.45, 7) is 4.85. The van der Waals surface area contributed by atoms with E-state index in [0.717, 1.165) is 0 Å². The van der Waals surface area contributed by atoms with Gasteiger partial charge in [0.15, 0.2) is 0 Å². The minimum atomic E-state index is -1.76. The standard InChI is InChI=1S/C36H58N12O14/c1-5-16(3)28(39)34(59)47-23(14-49)33(58)45-20(9-18-12-40-15-42-18)31(56)46-21(10-24(37)50)30(55)41-13-26(52)43-22(11-25(38)51)32(57)48-29(17(4)6-2)35(60)44-19(36(61)62)7-8-27(53)54/h12,15-17,19-23,28-29,49H,5-11,13-14,39H2,1-4H3,(H2,37,50)(H2,38,51)(H,40,42)(H,41,55)(H,43,52)(H,44,60)(H,45,58)(H,46,56)(H,47,59)(H,48,57)(H,53,54)(H,61,62)/t16-,17-,19-,20-,21-,22-,23-,28-,29-/m0/s1. The molecule has 0 aromatic carbocycles. The predicted molar refractivity (Wildman–Crippen MR) is 213 cm³/mol. The zero-order chi connectivity index (χ0) is 47.3. The zero-order valence-electron chi connectivity index (χ0n) is 34.7. The monoisotopic (exact) mass is 882 g/mol. The number of hydrogen-bond acceptors (Lipinski definition) is 14. The minimum absolute atomic E-state index is 0.262. The number of carboxylic acid groups (broad SMARTS) is 2. The first-order valence-electron chi connectivity index (χ1n) is 19.5. The molecule has 9 amide bonds. The second-order valence-electron chi connectivity index (χ2n) is 14.4. The highest BCUT2D eigenvalue weighted by Crippen LogP contribution is 2.11. The van der Waals surface area contributed by atoms with E-state index in [0.29, 0.717) is 12.1 Å². The number of aliphatic hydroxyl groups is 1. The fourth-order valence-corrected chi connectivity index (χ4v) is 5.44. The average molecular weight is 883 g/mol. The van der Waals surface area contributed by atoms with Crippen LogP contribution in [0.5, 0.6) is 0 Å². The highest BCUT2D eigenvalue weighted by Gasteiger charge is 2.35. The van der Waals surface area contributed by atoms with Crippen LogP contribution in [-0.4, -0.2) is 146 Å². The number of aliphatic carboxylic acids is 2. The summed E-state index contributed by atoms with van der Waals surface area (Å²) in [6, 6.07) is -10.7. The van der Waals surface area contributed by atoms with Crippen LogP contribution in [0.3, 0.4) is 0 Å². The van der Waals surface area contributed by atoms with Gasteiger partial charge in [-0.05, 0) is 18.3 Å². The van der Waals surface area contributed by atoms with E-state index in [9.17, 15) is 63.0 Å². The smallest absolute Gasteiger partial charge is 0.326 e. The Bertz CT molecular complexity index is 1760. The molecule has 0 bridgehead atoms. The zero-order valence-corrected chi connectivity index (χ0v) is 34.7. The third-order valence-corrected chi connectivity index (χ3v) is 9.56. The van der Waals surface area contributed by atoms with Crippen molar-refractivity contribution < 1.29 is 68.1 Å². The van der Waals surface area contributed by atoms with Gasteiger partial charge >= 0.3 is 11.9 Å². The maximum atomic E-state index is 13.6. The van der Waals surface area contributed by atoms with Crippen molar-refractivity contribution in [3.63, 3.8) is 0 Å². The van der Waals surface area contributed by atoms with Gasteiger partial charge in [0.1, 0.15) is 36.3 Å². The molecule has 1 rings (SSSR count). The Hall–Kier alpha value is -6.70. The van der Waals surface area contributed by atoms with Crippen LogP contribution in [0, 0.1) is 11.8 Å². The number of H-pyrrole nitrogens is 1. The van der Waals surface area contributed by atoms with Crippen molar-refractivity contribution in [3.05, 3.63) is 18.2 Å². The largest absolute Gasteiger partial charge is 0.481 e. The van der Waals surface area contributed by atoms with Crippen LogP contribution in [-0.2, 0) is 59.2 Å². The number of carbonyl (C=O) groups is 11. The van der Waals surface area contributed by atoms with Crippen LogP contribution >= 0.6 is 0 Å². The summed E-state index contributed by atoms with van der Waals surface area (Å²) in [5.41, 5.74) is 16.8. The van der Waals surface area contributed by atoms with Gasteiger partial charge in [0.05, 0.1) is 38.4 Å². The molecule has 0 radical (unpaired) electrons. The van der Waals surface area contributed by atoms with Crippen molar-refractivity contribution in [3.8, 4) is 0 Å². The average Bonchev–Trinajstić information content (AvgIpc) is 3.73. The molecule has 0 aliphatic heterocycles. The van der Waals surface area contributed by atoms with Crippen LogP contribution < -0.4 is 54.4 Å². The third kappa shape index (κ3) is 18.7. The molecule has 62 heavy (non-hydrogen) atoms. The topological polar surface area (TPSA) is 439 Å². The van der Waals surface area contributed by atoms with Crippen molar-refractivity contribution >= 4 is 65.1 Å². The lowest BCUT2D eigenvalue weighted by atomic mass is 9.97. The number of imidazole rings is 1. The van der Waals surface area contributed by atoms with Gasteiger partial charge in [0.2, 0.25) is 53.2 Å². The van der Waals surface area contributed by atoms with Gasteiger partial charge in [-0.15, -0.1) is 0 Å². The molecule has 346 valence electrons. The number of rotatable bonds is 29. The van der Waals surface area contributed by atoms with Crippen molar-refractivity contribution in [1.29, 1.82) is 0 Å². The van der Waals surface area contributed by atoms with Gasteiger partial charge < -0.3 is 74.7 Å². The second kappa shape index (κ2) is 26.5. The Labute approximate surface area is 355 Å². The fourth-order valence-electron chi connectivity index (χ4n) is 5.44. The van der Waals surface area contributed by atoms with Gasteiger partial charge in [-0.3, -0.25) is 47.9 Å². The van der Waals surface area contributed by atoms with Gasteiger partial charge in [0, 0.05) is 24.7 Å². The molecule has 1 aromatic heterocycles. The number of aliphatic hydroxyl groups excluding tert-OH is 1. The third-order valence-electron chi connectivity index (χ3n) is 9.56. The van der Waals surface area contributed by atoms with Crippen molar-refractivity contribution in [2.24, 2.45) is 29.0 Å². The maximum Gasteiger partial charge on any atom is 0.326 e. The van der Waals surface area contributed by atoms with Crippen LogP contribution in [0.15, 0.2) is 12.5 Å². The summed E-state index contributed by atoms with van der Waals surface area (Å²) in [4.78, 5) is 145. The number of carboxylic acids is 2. The molecule has 0 saturated heterocycles. The van der Waals surface area contributed by atoms with Crippen molar-refractivity contribution in [2.75, 3.05) is 13.2 Å². The number of primary amides is 2. The molecule has 0 aliphatic carbocycles. The Morgan fingerprint density at radius 2 is 1.19 bits per heavy atom. The molecule has 0 unspecified atom stereocenters. The summed E-state index contributed by atoms with van der Waals surface area (Å²) in [5, 5.41) is 44.1. The van der Waals surface area contributed by atoms with Crippen LogP contribution in [0.25, 0.3) is 0 Å². The molecule has 26 nitrogen and oxygen atoms in total. The van der Waals surface area contributed by atoms with E-state index < -0.39 is 152 Å². The Morgan fingerprint density at radius 3 is 1.69 bits per heavy atom. The normalized spacial score (nSPS) is 15.3. The SMILES string of the molecule is CC[C@H](C)[C@H](N)C(=O)N[C@@H](CO)C(=O)N[C@@H](Cc1cnc[nH]1)C(=O)N[C@@H](CC(N)=O)C(=O)NCC(=O)N[C@@H](CC(N)=O)C(=O)N[C@H](C(=O)N[C@@H](CCC(=O)O)C(=O)O)[C@@H](C)CC. The van der Waals surface area contributed by atoms with Crippen LogP contribution in [0.2, 0.25) is 0 Å². The number of nitrogens with zero attached hydrogens (tertiary/aromatic N) is 1. The van der Waals surface area contributed by atoms with E-state index >= 15 is 0 Å². The van der Waals surface area contributed by atoms with Gasteiger partial charge in [-0.1, -0.05) is 40.5 Å². The first-order valence-corrected chi connectivity index (χ1v) is 19.5. The number of nitrogens with two attached hydrogens (primary N) is 3. The minimum Gasteiger partial charge on any atom is -0.481 e. The number of aromatic nitrogens is 2. The lowest BCUT2D eigenvalue weighted by Crippen LogP contribution is -2.60. The highest BCUT2D eigenvalue weighted by molar-refractivity contribution is 5.99. The Kier molecular flexibility index (Phi) is 22.8. The van der Waals surface area contributed by atoms with E-state index in [-0.39, 0.29) is 18.8 Å². The Balaban J connectivity index is 3.17. The highest BCUT2D eigenvalue weighted by atomic mass is 16.4. The molecular formula is C36H58N12O14. The van der Waals surface area contributed by atoms with E-state index in [1.807, 2.05) is 0 Å². The number of amides is 9. The summed E-state index contributed by atoms with van der Waals surface area (Å²) in [7, 11) is 0. The molecule has 26 heteroatoms. The quantitative estimate of drug-likeness (QED) is 0.0356. The molecule has 0 spiro atoms. The van der Waals surface area contributed by atoms with E-state index in [2.05, 4.69) is 47.2 Å². The number of aromatic amines is 1. The number of hydrogen-bond donors (Lipinski definition) is 14. The first kappa shape index (κ1) is 53.3. The first-order chi connectivity index (χ1) is 29.0. The van der Waals surface area contributed by atoms with E-state index in [4.69, 9.17) is 22.3 Å². The summed E-state index contributed by atoms with van der Waals surface area (Å²) < 4.78 is 0. The molecule has 0 aliphatic rings. The molecule has 17 N–H and O–H groups in total. The van der Waals surface area contributed by atoms with Gasteiger partial charge in [-0.25, -0.2) is 9.78 Å². The molecule has 1 heterocycles. The lowest BCUT2D eigenvalue weighted by Gasteiger charge is -2.27. The molecule has 1 aromatic rings. The summed E-state index contributed by atoms with van der Waals surface area (Å²) in [5.74, 6) is -13.2. The van der Waals surface area contributed by atoms with E-state index in [1.165, 1.54) is 19.4 Å². The molecule has 9 atom stereocenters. The molecule has 0 saturated carbocycles. The fraction of sp³-hybridized carbons (Fsp3) is 0.611. The van der Waals surface area contributed by atoms with Gasteiger partial charge in [-0.2, -0.15) is 0 Å². The van der Waals surface area contributed by atoms with Gasteiger partial charge in [0.25, 0.3) is 0 Å². The number of carbonyl (C=O) groups excluding carboxylic acids is 9.